The first-order valence-corrected chi connectivity index (χ1v) is 9.62. The summed E-state index contributed by atoms with van der Waals surface area (Å²) in [5.74, 6) is -0.368. The van der Waals surface area contributed by atoms with Crippen molar-refractivity contribution in [3.63, 3.8) is 0 Å². The Balaban J connectivity index is 1.90. The second-order valence-electron chi connectivity index (χ2n) is 6.70. The summed E-state index contributed by atoms with van der Waals surface area (Å²) in [5.41, 5.74) is 3.26. The quantitative estimate of drug-likeness (QED) is 0.531. The number of rotatable bonds is 8. The van der Waals surface area contributed by atoms with Crippen LogP contribution in [0.25, 0.3) is 0 Å². The zero-order valence-electron chi connectivity index (χ0n) is 16.8. The summed E-state index contributed by atoms with van der Waals surface area (Å²) in [6, 6.07) is 21.3. The molecule has 0 aromatic heterocycles. The molecule has 6 heteroatoms. The number of carbonyl (C=O) groups excluding carboxylic acids is 1. The average molecular weight is 411 g/mol. The average Bonchev–Trinajstić information content (AvgIpc) is 2.74. The van der Waals surface area contributed by atoms with Gasteiger partial charge in [0, 0.05) is 5.56 Å². The highest BCUT2D eigenvalue weighted by atomic mass is 19.3. The van der Waals surface area contributed by atoms with Crippen LogP contribution in [0.5, 0.6) is 11.5 Å². The number of halogens is 2. The van der Waals surface area contributed by atoms with Gasteiger partial charge in [-0.3, -0.25) is 4.79 Å². The summed E-state index contributed by atoms with van der Waals surface area (Å²) in [5, 5.41) is 3.03. The molecule has 3 aromatic rings. The molecule has 0 bridgehead atoms. The van der Waals surface area contributed by atoms with Gasteiger partial charge in [-0.15, -0.1) is 0 Å². The van der Waals surface area contributed by atoms with Crippen molar-refractivity contribution in [1.29, 1.82) is 0 Å². The molecule has 1 amide bonds. The van der Waals surface area contributed by atoms with Crippen LogP contribution in [0.3, 0.4) is 0 Å². The molecule has 0 fully saturated rings. The third kappa shape index (κ3) is 5.35. The first-order valence-electron chi connectivity index (χ1n) is 9.62. The Labute approximate surface area is 174 Å². The number of hydrogen-bond donors (Lipinski definition) is 1. The van der Waals surface area contributed by atoms with E-state index in [9.17, 15) is 13.6 Å². The molecule has 3 rings (SSSR count). The number of carbonyl (C=O) groups is 1. The number of aryl methyl sites for hydroxylation is 1. The van der Waals surface area contributed by atoms with E-state index >= 15 is 0 Å². The molecule has 0 aliphatic rings. The first kappa shape index (κ1) is 21.3. The Bertz CT molecular complexity index is 976. The van der Waals surface area contributed by atoms with Gasteiger partial charge in [-0.05, 0) is 43.2 Å². The van der Waals surface area contributed by atoms with Crippen molar-refractivity contribution < 1.29 is 23.0 Å². The molecule has 0 saturated heterocycles. The summed E-state index contributed by atoms with van der Waals surface area (Å²) in [6.45, 7) is 0.994. The van der Waals surface area contributed by atoms with Gasteiger partial charge in [0.05, 0.1) is 12.6 Å². The molecule has 30 heavy (non-hydrogen) atoms. The minimum Gasteiger partial charge on any atom is -0.490 e. The lowest BCUT2D eigenvalue weighted by Crippen LogP contribution is -2.29. The van der Waals surface area contributed by atoms with Gasteiger partial charge in [0.15, 0.2) is 11.5 Å². The number of benzene rings is 3. The maximum absolute atomic E-state index is 13.0. The molecule has 3 aromatic carbocycles. The van der Waals surface area contributed by atoms with E-state index in [0.29, 0.717) is 0 Å². The number of nitrogens with one attached hydrogen (secondary N) is 1. The third-order valence-corrected chi connectivity index (χ3v) is 4.54. The Morgan fingerprint density at radius 2 is 1.60 bits per heavy atom. The Morgan fingerprint density at radius 1 is 0.933 bits per heavy atom. The van der Waals surface area contributed by atoms with Crippen molar-refractivity contribution in [3.8, 4) is 11.5 Å². The molecule has 1 N–H and O–H groups in total. The van der Waals surface area contributed by atoms with Crippen LogP contribution in [0, 0.1) is 6.92 Å². The highest BCUT2D eigenvalue weighted by molar-refractivity contribution is 5.95. The number of alkyl halides is 2. The molecule has 0 spiro atoms. The van der Waals surface area contributed by atoms with E-state index in [0.717, 1.165) is 16.7 Å². The number of amides is 1. The smallest absolute Gasteiger partial charge is 0.387 e. The van der Waals surface area contributed by atoms with Crippen LogP contribution >= 0.6 is 0 Å². The zero-order valence-corrected chi connectivity index (χ0v) is 16.8. The molecular formula is C24H23F2NO3. The Morgan fingerprint density at radius 3 is 2.23 bits per heavy atom. The zero-order chi connectivity index (χ0) is 21.5. The number of hydrogen-bond acceptors (Lipinski definition) is 3. The van der Waals surface area contributed by atoms with Gasteiger partial charge in [0.2, 0.25) is 0 Å². The highest BCUT2D eigenvalue weighted by Gasteiger charge is 2.20. The number of ether oxygens (including phenoxy) is 2. The maximum atomic E-state index is 13.0. The molecule has 156 valence electrons. The summed E-state index contributed by atoms with van der Waals surface area (Å²) in [6.07, 6.45) is 0. The lowest BCUT2D eigenvalue weighted by molar-refractivity contribution is -0.0514. The normalized spacial score (nSPS) is 11.8. The molecular weight excluding hydrogens is 388 g/mol. The fourth-order valence-corrected chi connectivity index (χ4v) is 3.09. The van der Waals surface area contributed by atoms with Gasteiger partial charge < -0.3 is 14.8 Å². The Kier molecular flexibility index (Phi) is 7.01. The van der Waals surface area contributed by atoms with Crippen LogP contribution in [-0.2, 0) is 0 Å². The van der Waals surface area contributed by atoms with Crippen LogP contribution in [0.1, 0.15) is 40.0 Å². The van der Waals surface area contributed by atoms with Crippen molar-refractivity contribution in [2.45, 2.75) is 26.5 Å². The molecule has 0 aliphatic carbocycles. The van der Waals surface area contributed by atoms with Crippen LogP contribution in [-0.4, -0.2) is 19.1 Å². The van der Waals surface area contributed by atoms with Crippen molar-refractivity contribution in [1.82, 2.24) is 5.32 Å². The SMILES string of the molecule is CCOc1cc(C(=O)NC(c2ccccc2)c2ccc(C)cc2)ccc1OC(F)F. The minimum absolute atomic E-state index is 0.0945. The van der Waals surface area contributed by atoms with Gasteiger partial charge in [-0.1, -0.05) is 60.2 Å². The van der Waals surface area contributed by atoms with Crippen LogP contribution in [0.15, 0.2) is 72.8 Å². The molecule has 4 nitrogen and oxygen atoms in total. The minimum atomic E-state index is -2.98. The maximum Gasteiger partial charge on any atom is 0.387 e. The van der Waals surface area contributed by atoms with Gasteiger partial charge >= 0.3 is 6.61 Å². The second kappa shape index (κ2) is 9.87. The van der Waals surface area contributed by atoms with Gasteiger partial charge in [0.1, 0.15) is 0 Å². The van der Waals surface area contributed by atoms with Crippen LogP contribution in [0.2, 0.25) is 0 Å². The summed E-state index contributed by atoms with van der Waals surface area (Å²) in [7, 11) is 0. The Hall–Kier alpha value is -3.41. The van der Waals surface area contributed by atoms with E-state index < -0.39 is 6.61 Å². The van der Waals surface area contributed by atoms with Crippen LogP contribution in [0.4, 0.5) is 8.78 Å². The highest BCUT2D eigenvalue weighted by Crippen LogP contribution is 2.30. The van der Waals surface area contributed by atoms with E-state index in [2.05, 4.69) is 10.1 Å². The first-order chi connectivity index (χ1) is 14.5. The largest absolute Gasteiger partial charge is 0.490 e. The van der Waals surface area contributed by atoms with Gasteiger partial charge in [0.25, 0.3) is 5.91 Å². The fourth-order valence-electron chi connectivity index (χ4n) is 3.09. The van der Waals surface area contributed by atoms with Gasteiger partial charge in [-0.2, -0.15) is 8.78 Å². The lowest BCUT2D eigenvalue weighted by Gasteiger charge is -2.21. The predicted molar refractivity (Wildman–Crippen MR) is 111 cm³/mol. The predicted octanol–water partition coefficient (Wildman–Crippen LogP) is 5.51. The fraction of sp³-hybridized carbons (Fsp3) is 0.208. The third-order valence-electron chi connectivity index (χ3n) is 4.54. The van der Waals surface area contributed by atoms with Crippen LogP contribution < -0.4 is 14.8 Å². The summed E-state index contributed by atoms with van der Waals surface area (Å²) >= 11 is 0. The van der Waals surface area contributed by atoms with E-state index in [4.69, 9.17) is 4.74 Å². The molecule has 1 unspecified atom stereocenters. The second-order valence-corrected chi connectivity index (χ2v) is 6.70. The van der Waals surface area contributed by atoms with E-state index in [1.807, 2.05) is 61.5 Å². The van der Waals surface area contributed by atoms with Gasteiger partial charge in [-0.25, -0.2) is 0 Å². The van der Waals surface area contributed by atoms with E-state index in [1.165, 1.54) is 18.2 Å². The molecule has 0 aliphatic heterocycles. The molecule has 1 atom stereocenters. The monoisotopic (exact) mass is 411 g/mol. The topological polar surface area (TPSA) is 47.6 Å². The van der Waals surface area contributed by atoms with Crippen molar-refractivity contribution in [2.24, 2.45) is 0 Å². The summed E-state index contributed by atoms with van der Waals surface area (Å²) < 4.78 is 35.1. The standard InChI is InChI=1S/C24H23F2NO3/c1-3-29-21-15-19(13-14-20(21)30-24(25)26)23(28)27-22(17-7-5-4-6-8-17)18-11-9-16(2)10-12-18/h4-15,22,24H,3H2,1-2H3,(H,27,28). The molecule has 0 heterocycles. The van der Waals surface area contributed by atoms with E-state index in [1.54, 1.807) is 6.92 Å². The van der Waals surface area contributed by atoms with Crippen molar-refractivity contribution in [3.05, 3.63) is 95.1 Å². The van der Waals surface area contributed by atoms with Crippen molar-refractivity contribution in [2.75, 3.05) is 6.61 Å². The molecule has 0 radical (unpaired) electrons. The van der Waals surface area contributed by atoms with E-state index in [-0.39, 0.29) is 35.6 Å². The lowest BCUT2D eigenvalue weighted by atomic mass is 9.97. The van der Waals surface area contributed by atoms with Crippen molar-refractivity contribution >= 4 is 5.91 Å². The molecule has 0 saturated carbocycles. The summed E-state index contributed by atoms with van der Waals surface area (Å²) in [4.78, 5) is 13.0.